The van der Waals surface area contributed by atoms with Crippen molar-refractivity contribution in [2.24, 2.45) is 9.98 Å². The zero-order valence-electron chi connectivity index (χ0n) is 28.3. The van der Waals surface area contributed by atoms with E-state index in [1.807, 2.05) is 53.0 Å². The monoisotopic (exact) mass is 712 g/mol. The molecular weight excluding hydrogens is 685 g/mol. The molecule has 4 heterocycles. The Bertz CT molecular complexity index is 3230. The van der Waals surface area contributed by atoms with Gasteiger partial charge in [0, 0.05) is 67.8 Å². The van der Waals surface area contributed by atoms with E-state index < -0.39 is 0 Å². The highest BCUT2D eigenvalue weighted by atomic mass is 32.1. The van der Waals surface area contributed by atoms with Crippen molar-refractivity contribution in [3.05, 3.63) is 187 Å². The molecule has 53 heavy (non-hydrogen) atoms. The SMILES string of the molecule is C1=CC(c2ccccc2)=NC(c2cccc3oc4cc(-c5cccc6sc7ccccc7c56)ccc4c23)=NC(c2ccc3c(c2)sc2ccccc23)=C1. The van der Waals surface area contributed by atoms with Gasteiger partial charge in [0.2, 0.25) is 0 Å². The minimum atomic E-state index is 0.641. The first kappa shape index (κ1) is 30.2. The number of benzene rings is 7. The zero-order valence-corrected chi connectivity index (χ0v) is 29.9. The van der Waals surface area contributed by atoms with Gasteiger partial charge < -0.3 is 4.42 Å². The summed E-state index contributed by atoms with van der Waals surface area (Å²) in [5.41, 5.74) is 8.70. The van der Waals surface area contributed by atoms with Crippen molar-refractivity contribution in [1.29, 1.82) is 0 Å². The third-order valence-electron chi connectivity index (χ3n) is 10.2. The number of aliphatic imine (C=N–C) groups is 2. The Balaban J connectivity index is 1.09. The van der Waals surface area contributed by atoms with Crippen LogP contribution in [-0.2, 0) is 0 Å². The fraction of sp³-hybridized carbons (Fsp3) is 0. The molecule has 0 aliphatic carbocycles. The number of hydrogen-bond donors (Lipinski definition) is 0. The quantitative estimate of drug-likeness (QED) is 0.179. The van der Waals surface area contributed by atoms with Crippen LogP contribution in [0.4, 0.5) is 0 Å². The highest BCUT2D eigenvalue weighted by Gasteiger charge is 2.19. The average Bonchev–Trinajstić information content (AvgIpc) is 3.89. The van der Waals surface area contributed by atoms with E-state index in [0.29, 0.717) is 5.84 Å². The van der Waals surface area contributed by atoms with Crippen molar-refractivity contribution in [1.82, 2.24) is 0 Å². The van der Waals surface area contributed by atoms with Crippen LogP contribution in [0.25, 0.3) is 79.1 Å². The highest BCUT2D eigenvalue weighted by molar-refractivity contribution is 7.26. The second-order valence-corrected chi connectivity index (χ2v) is 15.5. The van der Waals surface area contributed by atoms with Gasteiger partial charge in [-0.1, -0.05) is 115 Å². The van der Waals surface area contributed by atoms with Crippen molar-refractivity contribution in [3.63, 3.8) is 0 Å². The number of hydrogen-bond acceptors (Lipinski definition) is 5. The van der Waals surface area contributed by atoms with E-state index in [4.69, 9.17) is 14.4 Å². The largest absolute Gasteiger partial charge is 0.456 e. The predicted molar refractivity (Wildman–Crippen MR) is 228 cm³/mol. The van der Waals surface area contributed by atoms with E-state index in [1.165, 1.54) is 45.9 Å². The van der Waals surface area contributed by atoms with E-state index in [1.54, 1.807) is 0 Å². The van der Waals surface area contributed by atoms with E-state index in [2.05, 4.69) is 140 Å². The minimum absolute atomic E-state index is 0.641. The lowest BCUT2D eigenvalue weighted by Gasteiger charge is -2.11. The molecule has 0 saturated carbocycles. The van der Waals surface area contributed by atoms with Gasteiger partial charge in [-0.25, -0.2) is 9.98 Å². The smallest absolute Gasteiger partial charge is 0.161 e. The summed E-state index contributed by atoms with van der Waals surface area (Å²) in [6.07, 6.45) is 6.24. The second kappa shape index (κ2) is 12.1. The van der Waals surface area contributed by atoms with Crippen LogP contribution in [0, 0.1) is 0 Å². The van der Waals surface area contributed by atoms with Gasteiger partial charge in [0.1, 0.15) is 11.2 Å². The normalized spacial score (nSPS) is 13.5. The molecule has 0 fully saturated rings. The first-order valence-electron chi connectivity index (χ1n) is 17.6. The van der Waals surface area contributed by atoms with Gasteiger partial charge in [-0.3, -0.25) is 0 Å². The van der Waals surface area contributed by atoms with Crippen LogP contribution in [0.3, 0.4) is 0 Å². The van der Waals surface area contributed by atoms with Crippen LogP contribution in [-0.4, -0.2) is 11.5 Å². The Morgan fingerprint density at radius 1 is 0.434 bits per heavy atom. The summed E-state index contributed by atoms with van der Waals surface area (Å²) in [6.45, 7) is 0. The maximum atomic E-state index is 6.65. The van der Waals surface area contributed by atoms with Crippen LogP contribution >= 0.6 is 22.7 Å². The molecule has 0 amide bonds. The number of allylic oxidation sites excluding steroid dienone is 3. The molecule has 0 bridgehead atoms. The third-order valence-corrected chi connectivity index (χ3v) is 12.4. The lowest BCUT2D eigenvalue weighted by atomic mass is 9.97. The Morgan fingerprint density at radius 3 is 2.04 bits per heavy atom. The number of furan rings is 1. The van der Waals surface area contributed by atoms with Gasteiger partial charge in [0.05, 0.1) is 11.4 Å². The van der Waals surface area contributed by atoms with Crippen LogP contribution < -0.4 is 0 Å². The summed E-state index contributed by atoms with van der Waals surface area (Å²) in [7, 11) is 0. The predicted octanol–water partition coefficient (Wildman–Crippen LogP) is 13.8. The summed E-state index contributed by atoms with van der Waals surface area (Å²) < 4.78 is 11.8. The number of amidine groups is 1. The second-order valence-electron chi connectivity index (χ2n) is 13.3. The van der Waals surface area contributed by atoms with Gasteiger partial charge in [-0.15, -0.1) is 22.7 Å². The van der Waals surface area contributed by atoms with Crippen molar-refractivity contribution >= 4 is 102 Å². The molecule has 10 aromatic rings. The molecule has 1 aliphatic rings. The van der Waals surface area contributed by atoms with Gasteiger partial charge in [0.15, 0.2) is 5.84 Å². The Kier molecular flexibility index (Phi) is 6.90. The fourth-order valence-corrected chi connectivity index (χ4v) is 9.97. The van der Waals surface area contributed by atoms with E-state index in [0.717, 1.165) is 55.6 Å². The summed E-state index contributed by atoms with van der Waals surface area (Å²) >= 11 is 3.66. The van der Waals surface area contributed by atoms with Gasteiger partial charge in [-0.2, -0.15) is 0 Å². The summed E-state index contributed by atoms with van der Waals surface area (Å²) in [4.78, 5) is 10.7. The van der Waals surface area contributed by atoms with Crippen LogP contribution in [0.15, 0.2) is 184 Å². The van der Waals surface area contributed by atoms with Crippen molar-refractivity contribution in [3.8, 4) is 11.1 Å². The molecule has 11 rings (SSSR count). The molecule has 0 saturated heterocycles. The molecule has 7 aromatic carbocycles. The van der Waals surface area contributed by atoms with Crippen molar-refractivity contribution < 1.29 is 4.42 Å². The molecular formula is C48H28N2OS2. The van der Waals surface area contributed by atoms with Crippen molar-refractivity contribution in [2.75, 3.05) is 0 Å². The van der Waals surface area contributed by atoms with Crippen LogP contribution in [0.1, 0.15) is 16.7 Å². The number of rotatable bonds is 4. The first-order valence-corrected chi connectivity index (χ1v) is 19.3. The number of thiophene rings is 2. The fourth-order valence-electron chi connectivity index (χ4n) is 7.69. The average molecular weight is 713 g/mol. The third kappa shape index (κ3) is 5.01. The molecule has 1 aliphatic heterocycles. The molecule has 0 radical (unpaired) electrons. The molecule has 3 nitrogen and oxygen atoms in total. The molecule has 3 aromatic heterocycles. The van der Waals surface area contributed by atoms with Crippen LogP contribution in [0.2, 0.25) is 0 Å². The lowest BCUT2D eigenvalue weighted by Crippen LogP contribution is -2.07. The van der Waals surface area contributed by atoms with Gasteiger partial charge in [0.25, 0.3) is 0 Å². The van der Waals surface area contributed by atoms with E-state index in [9.17, 15) is 0 Å². The zero-order chi connectivity index (χ0) is 34.9. The number of nitrogens with zero attached hydrogens (tertiary/aromatic N) is 2. The summed E-state index contributed by atoms with van der Waals surface area (Å²) in [5.74, 6) is 0.641. The molecule has 0 spiro atoms. The maximum Gasteiger partial charge on any atom is 0.161 e. The Hall–Kier alpha value is -6.40. The molecule has 0 unspecified atom stereocenters. The summed E-state index contributed by atoms with van der Waals surface area (Å²) in [5, 5.41) is 7.17. The van der Waals surface area contributed by atoms with E-state index >= 15 is 0 Å². The maximum absolute atomic E-state index is 6.65. The molecule has 0 N–H and O–H groups in total. The Morgan fingerprint density at radius 2 is 1.13 bits per heavy atom. The molecule has 248 valence electrons. The highest BCUT2D eigenvalue weighted by Crippen LogP contribution is 2.42. The van der Waals surface area contributed by atoms with Gasteiger partial charge in [-0.05, 0) is 65.7 Å². The molecule has 5 heteroatoms. The topological polar surface area (TPSA) is 37.9 Å². The minimum Gasteiger partial charge on any atom is -0.456 e. The summed E-state index contributed by atoms with van der Waals surface area (Å²) in [6, 6.07) is 53.6. The molecule has 0 atom stereocenters. The van der Waals surface area contributed by atoms with Crippen LogP contribution in [0.5, 0.6) is 0 Å². The first-order chi connectivity index (χ1) is 26.2. The van der Waals surface area contributed by atoms with E-state index in [-0.39, 0.29) is 0 Å². The van der Waals surface area contributed by atoms with Gasteiger partial charge >= 0.3 is 0 Å². The Labute approximate surface area is 312 Å². The standard InChI is InChI=1S/C48H28N2OS2/c1-2-11-29(12-3-1)38-17-10-18-39(31-24-25-34-33-13-4-6-20-42(33)53-45(34)28-31)50-48(49-38)37-16-8-19-40-46(37)35-26-23-30(27-41(35)51-40)32-15-9-22-44-47(32)36-14-5-7-21-43(36)52-44/h1-28H. The number of fused-ring (bicyclic) bond motifs is 9. The van der Waals surface area contributed by atoms with Crippen molar-refractivity contribution in [2.45, 2.75) is 0 Å². The lowest BCUT2D eigenvalue weighted by molar-refractivity contribution is 0.669.